The normalized spacial score (nSPS) is 20.3. The standard InChI is InChI=1S/C18H24ClN3S/c1-11-7-8-13(14(19)9-11)16-15-12(2)20-22(6)17(15)21(5)10-18(3,4)23-16/h7-9,16H,10H2,1-6H3. The van der Waals surface area contributed by atoms with Gasteiger partial charge in [0.2, 0.25) is 0 Å². The maximum atomic E-state index is 6.62. The first-order valence-electron chi connectivity index (χ1n) is 7.88. The molecule has 0 spiro atoms. The van der Waals surface area contributed by atoms with E-state index in [1.165, 1.54) is 22.5 Å². The van der Waals surface area contributed by atoms with Crippen molar-refractivity contribution in [2.75, 3.05) is 18.5 Å². The fraction of sp³-hybridized carbons (Fsp3) is 0.500. The van der Waals surface area contributed by atoms with E-state index in [4.69, 9.17) is 11.6 Å². The first-order valence-corrected chi connectivity index (χ1v) is 9.14. The molecule has 5 heteroatoms. The van der Waals surface area contributed by atoms with Crippen molar-refractivity contribution in [3.8, 4) is 0 Å². The molecule has 0 saturated carbocycles. The van der Waals surface area contributed by atoms with E-state index in [9.17, 15) is 0 Å². The summed E-state index contributed by atoms with van der Waals surface area (Å²) in [4.78, 5) is 2.32. The number of rotatable bonds is 1. The van der Waals surface area contributed by atoms with Gasteiger partial charge in [0, 0.05) is 36.0 Å². The molecule has 0 aliphatic carbocycles. The van der Waals surface area contributed by atoms with Gasteiger partial charge < -0.3 is 4.90 Å². The van der Waals surface area contributed by atoms with E-state index in [1.54, 1.807) is 0 Å². The predicted molar refractivity (Wildman–Crippen MR) is 101 cm³/mol. The zero-order chi connectivity index (χ0) is 16.9. The largest absolute Gasteiger partial charge is 0.358 e. The SMILES string of the molecule is Cc1ccc(C2SC(C)(C)CN(C)c3c2c(C)nn3C)c(Cl)c1. The van der Waals surface area contributed by atoms with Gasteiger partial charge >= 0.3 is 0 Å². The topological polar surface area (TPSA) is 21.1 Å². The van der Waals surface area contributed by atoms with Crippen LogP contribution in [0.25, 0.3) is 0 Å². The second kappa shape index (κ2) is 5.75. The molecule has 1 aliphatic heterocycles. The number of hydrogen-bond donors (Lipinski definition) is 0. The molecule has 1 aliphatic rings. The average molecular weight is 350 g/mol. The maximum absolute atomic E-state index is 6.62. The minimum Gasteiger partial charge on any atom is -0.358 e. The third-order valence-electron chi connectivity index (χ3n) is 4.35. The van der Waals surface area contributed by atoms with Crippen molar-refractivity contribution in [3.63, 3.8) is 0 Å². The van der Waals surface area contributed by atoms with Crippen molar-refractivity contribution in [3.05, 3.63) is 45.6 Å². The van der Waals surface area contributed by atoms with Crippen molar-refractivity contribution in [2.45, 2.75) is 37.7 Å². The lowest BCUT2D eigenvalue weighted by Gasteiger charge is -2.29. The van der Waals surface area contributed by atoms with Crippen LogP contribution in [-0.4, -0.2) is 28.1 Å². The van der Waals surface area contributed by atoms with E-state index < -0.39 is 0 Å². The molecule has 3 nitrogen and oxygen atoms in total. The lowest BCUT2D eigenvalue weighted by atomic mass is 10.0. The van der Waals surface area contributed by atoms with Gasteiger partial charge in [0.15, 0.2) is 0 Å². The van der Waals surface area contributed by atoms with E-state index in [-0.39, 0.29) is 10.00 Å². The number of benzene rings is 1. The van der Waals surface area contributed by atoms with Crippen molar-refractivity contribution >= 4 is 29.2 Å². The smallest absolute Gasteiger partial charge is 0.131 e. The summed E-state index contributed by atoms with van der Waals surface area (Å²) in [5, 5.41) is 5.72. The molecular weight excluding hydrogens is 326 g/mol. The van der Waals surface area contributed by atoms with E-state index in [0.717, 1.165) is 17.3 Å². The van der Waals surface area contributed by atoms with Gasteiger partial charge in [0.25, 0.3) is 0 Å². The second-order valence-corrected chi connectivity index (χ2v) is 9.30. The minimum absolute atomic E-state index is 0.124. The fourth-order valence-corrected chi connectivity index (χ4v) is 5.59. The highest BCUT2D eigenvalue weighted by atomic mass is 35.5. The maximum Gasteiger partial charge on any atom is 0.131 e. The Kier molecular flexibility index (Phi) is 4.18. The first-order chi connectivity index (χ1) is 10.7. The third kappa shape index (κ3) is 2.99. The summed E-state index contributed by atoms with van der Waals surface area (Å²) >= 11 is 8.59. The Morgan fingerprint density at radius 3 is 2.61 bits per heavy atom. The van der Waals surface area contributed by atoms with Crippen LogP contribution in [0.3, 0.4) is 0 Å². The van der Waals surface area contributed by atoms with Crippen LogP contribution in [0.5, 0.6) is 0 Å². The Morgan fingerprint density at radius 1 is 1.26 bits per heavy atom. The summed E-state index contributed by atoms with van der Waals surface area (Å²) in [5.41, 5.74) is 4.75. The highest BCUT2D eigenvalue weighted by Crippen LogP contribution is 2.51. The Balaban J connectivity index is 2.23. The van der Waals surface area contributed by atoms with Crippen LogP contribution in [0.15, 0.2) is 18.2 Å². The Bertz CT molecular complexity index is 751. The van der Waals surface area contributed by atoms with Crippen LogP contribution in [0.2, 0.25) is 5.02 Å². The summed E-state index contributed by atoms with van der Waals surface area (Å²) in [6.07, 6.45) is 0. The summed E-state index contributed by atoms with van der Waals surface area (Å²) in [6, 6.07) is 6.38. The molecule has 0 radical (unpaired) electrons. The van der Waals surface area contributed by atoms with E-state index >= 15 is 0 Å². The summed E-state index contributed by atoms with van der Waals surface area (Å²) in [6.45, 7) is 9.76. The average Bonchev–Trinajstić information content (AvgIpc) is 2.64. The number of fused-ring (bicyclic) bond motifs is 1. The first kappa shape index (κ1) is 16.7. The molecular formula is C18H24ClN3S. The molecule has 0 fully saturated rings. The zero-order valence-electron chi connectivity index (χ0n) is 14.6. The van der Waals surface area contributed by atoms with Crippen molar-refractivity contribution in [1.29, 1.82) is 0 Å². The molecule has 2 heterocycles. The van der Waals surface area contributed by atoms with Crippen LogP contribution in [-0.2, 0) is 7.05 Å². The minimum atomic E-state index is 0.124. The number of aromatic nitrogens is 2. The molecule has 0 amide bonds. The van der Waals surface area contributed by atoms with Crippen LogP contribution < -0.4 is 4.90 Å². The molecule has 1 atom stereocenters. The number of anilines is 1. The highest BCUT2D eigenvalue weighted by molar-refractivity contribution is 8.01. The Morgan fingerprint density at radius 2 is 1.96 bits per heavy atom. The lowest BCUT2D eigenvalue weighted by Crippen LogP contribution is -2.33. The molecule has 2 aromatic rings. The molecule has 1 unspecified atom stereocenters. The zero-order valence-corrected chi connectivity index (χ0v) is 16.2. The lowest BCUT2D eigenvalue weighted by molar-refractivity contribution is 0.663. The van der Waals surface area contributed by atoms with Gasteiger partial charge in [-0.25, -0.2) is 0 Å². The molecule has 0 N–H and O–H groups in total. The summed E-state index contributed by atoms with van der Waals surface area (Å²) in [7, 11) is 4.18. The van der Waals surface area contributed by atoms with Gasteiger partial charge in [-0.1, -0.05) is 23.7 Å². The molecule has 3 rings (SSSR count). The monoisotopic (exact) mass is 349 g/mol. The van der Waals surface area contributed by atoms with Gasteiger partial charge in [0.05, 0.1) is 10.9 Å². The number of aryl methyl sites for hydroxylation is 3. The quantitative estimate of drug-likeness (QED) is 0.741. The van der Waals surface area contributed by atoms with Crippen molar-refractivity contribution in [1.82, 2.24) is 9.78 Å². The van der Waals surface area contributed by atoms with Gasteiger partial charge in [0.1, 0.15) is 5.82 Å². The van der Waals surface area contributed by atoms with Gasteiger partial charge in [-0.15, -0.1) is 11.8 Å². The van der Waals surface area contributed by atoms with E-state index in [0.29, 0.717) is 0 Å². The Labute approximate surface area is 148 Å². The number of thioether (sulfide) groups is 1. The highest BCUT2D eigenvalue weighted by Gasteiger charge is 2.37. The molecule has 0 saturated heterocycles. The number of halogens is 1. The molecule has 124 valence electrons. The van der Waals surface area contributed by atoms with Gasteiger partial charge in [-0.3, -0.25) is 4.68 Å². The van der Waals surface area contributed by atoms with Crippen molar-refractivity contribution < 1.29 is 0 Å². The van der Waals surface area contributed by atoms with Crippen LogP contribution >= 0.6 is 23.4 Å². The Hall–Kier alpha value is -1.13. The third-order valence-corrected chi connectivity index (χ3v) is 6.17. The number of hydrogen-bond acceptors (Lipinski definition) is 3. The van der Waals surface area contributed by atoms with Gasteiger partial charge in [-0.05, 0) is 44.9 Å². The fourth-order valence-electron chi connectivity index (χ4n) is 3.55. The summed E-state index contributed by atoms with van der Waals surface area (Å²) in [5.74, 6) is 1.20. The molecule has 23 heavy (non-hydrogen) atoms. The second-order valence-electron chi connectivity index (χ2n) is 7.08. The van der Waals surface area contributed by atoms with Crippen LogP contribution in [0.1, 0.15) is 41.5 Å². The van der Waals surface area contributed by atoms with Gasteiger partial charge in [-0.2, -0.15) is 5.10 Å². The molecule has 1 aromatic carbocycles. The van der Waals surface area contributed by atoms with Crippen LogP contribution in [0.4, 0.5) is 5.82 Å². The molecule has 0 bridgehead atoms. The number of nitrogens with zero attached hydrogens (tertiary/aromatic N) is 3. The van der Waals surface area contributed by atoms with Crippen molar-refractivity contribution in [2.24, 2.45) is 7.05 Å². The van der Waals surface area contributed by atoms with E-state index in [2.05, 4.69) is 62.9 Å². The van der Waals surface area contributed by atoms with Crippen LogP contribution in [0, 0.1) is 13.8 Å². The summed E-state index contributed by atoms with van der Waals surface area (Å²) < 4.78 is 2.13. The molecule has 1 aromatic heterocycles. The predicted octanol–water partition coefficient (Wildman–Crippen LogP) is 4.74. The van der Waals surface area contributed by atoms with E-state index in [1.807, 2.05) is 23.5 Å².